The van der Waals surface area contributed by atoms with Crippen molar-refractivity contribution < 1.29 is 4.74 Å². The van der Waals surface area contributed by atoms with Gasteiger partial charge in [0, 0.05) is 48.3 Å². The summed E-state index contributed by atoms with van der Waals surface area (Å²) < 4.78 is 5.46. The summed E-state index contributed by atoms with van der Waals surface area (Å²) in [6, 6.07) is 8.23. The molecule has 2 aromatic rings. The second-order valence-electron chi connectivity index (χ2n) is 5.95. The lowest BCUT2D eigenvalue weighted by Gasteiger charge is -2.29. The molecule has 116 valence electrons. The Kier molecular flexibility index (Phi) is 3.80. The zero-order valence-corrected chi connectivity index (χ0v) is 13.4. The Morgan fingerprint density at radius 3 is 2.50 bits per heavy atom. The molecule has 3 heterocycles. The van der Waals surface area contributed by atoms with Gasteiger partial charge < -0.3 is 14.5 Å². The Morgan fingerprint density at radius 1 is 0.955 bits per heavy atom. The van der Waals surface area contributed by atoms with E-state index < -0.39 is 0 Å². The number of hydrogen-bond acceptors (Lipinski definition) is 4. The minimum atomic E-state index is 0.772. The largest absolute Gasteiger partial charge is 0.378 e. The van der Waals surface area contributed by atoms with Gasteiger partial charge >= 0.3 is 0 Å². The van der Waals surface area contributed by atoms with E-state index >= 15 is 0 Å². The minimum absolute atomic E-state index is 0.772. The van der Waals surface area contributed by atoms with E-state index in [1.165, 1.54) is 18.5 Å². The molecule has 0 aliphatic carbocycles. The Morgan fingerprint density at radius 2 is 1.73 bits per heavy atom. The monoisotopic (exact) mass is 317 g/mol. The van der Waals surface area contributed by atoms with Crippen LogP contribution in [0.15, 0.2) is 24.3 Å². The summed E-state index contributed by atoms with van der Waals surface area (Å²) in [7, 11) is 0. The van der Waals surface area contributed by atoms with Gasteiger partial charge in [-0.3, -0.25) is 0 Å². The average Bonchev–Trinajstić information content (AvgIpc) is 3.09. The van der Waals surface area contributed by atoms with Gasteiger partial charge in [-0.15, -0.1) is 0 Å². The molecular formula is C17H20ClN3O. The van der Waals surface area contributed by atoms with Crippen LogP contribution in [0.2, 0.25) is 5.02 Å². The summed E-state index contributed by atoms with van der Waals surface area (Å²) >= 11 is 6.21. The van der Waals surface area contributed by atoms with Crippen molar-refractivity contribution in [3.05, 3.63) is 29.3 Å². The number of nitrogens with zero attached hydrogens (tertiary/aromatic N) is 3. The fourth-order valence-corrected chi connectivity index (χ4v) is 3.51. The predicted molar refractivity (Wildman–Crippen MR) is 91.2 cm³/mol. The molecular weight excluding hydrogens is 298 g/mol. The van der Waals surface area contributed by atoms with Crippen LogP contribution in [-0.2, 0) is 4.74 Å². The van der Waals surface area contributed by atoms with E-state index in [9.17, 15) is 0 Å². The Bertz CT molecular complexity index is 679. The van der Waals surface area contributed by atoms with Gasteiger partial charge in [-0.1, -0.05) is 11.6 Å². The molecule has 1 aromatic carbocycles. The summed E-state index contributed by atoms with van der Waals surface area (Å²) in [4.78, 5) is 9.64. The lowest BCUT2D eigenvalue weighted by atomic mass is 10.1. The minimum Gasteiger partial charge on any atom is -0.378 e. The van der Waals surface area contributed by atoms with Gasteiger partial charge in [0.2, 0.25) is 0 Å². The molecule has 2 aliphatic rings. The van der Waals surface area contributed by atoms with E-state index in [0.717, 1.165) is 61.1 Å². The van der Waals surface area contributed by atoms with Crippen molar-refractivity contribution in [3.8, 4) is 0 Å². The highest BCUT2D eigenvalue weighted by atomic mass is 35.5. The maximum Gasteiger partial charge on any atom is 0.131 e. The molecule has 5 heteroatoms. The summed E-state index contributed by atoms with van der Waals surface area (Å²) in [5.41, 5.74) is 2.29. The first kappa shape index (κ1) is 14.1. The van der Waals surface area contributed by atoms with E-state index in [1.807, 2.05) is 18.2 Å². The molecule has 0 unspecified atom stereocenters. The van der Waals surface area contributed by atoms with E-state index in [0.29, 0.717) is 0 Å². The van der Waals surface area contributed by atoms with Crippen LogP contribution >= 0.6 is 11.6 Å². The second kappa shape index (κ2) is 5.94. The number of ether oxygens (including phenoxy) is 1. The van der Waals surface area contributed by atoms with Gasteiger partial charge in [-0.05, 0) is 31.0 Å². The third-order valence-corrected chi connectivity index (χ3v) is 4.75. The first-order valence-electron chi connectivity index (χ1n) is 7.99. The second-order valence-corrected chi connectivity index (χ2v) is 6.39. The molecule has 4 nitrogen and oxygen atoms in total. The van der Waals surface area contributed by atoms with Crippen molar-refractivity contribution in [2.24, 2.45) is 0 Å². The molecule has 1 aromatic heterocycles. The van der Waals surface area contributed by atoms with Crippen LogP contribution in [0, 0.1) is 0 Å². The molecule has 0 radical (unpaired) electrons. The predicted octanol–water partition coefficient (Wildman–Crippen LogP) is 3.33. The average molecular weight is 318 g/mol. The normalized spacial score (nSPS) is 19.1. The van der Waals surface area contributed by atoms with Crippen LogP contribution in [-0.4, -0.2) is 44.4 Å². The fraction of sp³-hybridized carbons (Fsp3) is 0.471. The molecule has 0 bridgehead atoms. The zero-order chi connectivity index (χ0) is 14.9. The molecule has 2 aliphatic heterocycles. The van der Waals surface area contributed by atoms with Crippen molar-refractivity contribution in [1.82, 2.24) is 4.98 Å². The number of anilines is 2. The van der Waals surface area contributed by atoms with Gasteiger partial charge in [-0.25, -0.2) is 4.98 Å². The van der Waals surface area contributed by atoms with Gasteiger partial charge in [0.25, 0.3) is 0 Å². The summed E-state index contributed by atoms with van der Waals surface area (Å²) in [6.45, 7) is 5.61. The zero-order valence-electron chi connectivity index (χ0n) is 12.6. The summed E-state index contributed by atoms with van der Waals surface area (Å²) in [6.07, 6.45) is 2.52. The Hall–Kier alpha value is -1.52. The number of rotatable bonds is 2. The third kappa shape index (κ3) is 2.61. The number of fused-ring (bicyclic) bond motifs is 1. The summed E-state index contributed by atoms with van der Waals surface area (Å²) in [5.74, 6) is 1.06. The van der Waals surface area contributed by atoms with Crippen molar-refractivity contribution >= 4 is 34.0 Å². The Labute approximate surface area is 135 Å². The maximum atomic E-state index is 6.21. The molecule has 0 saturated carbocycles. The number of morpholine rings is 1. The smallest absolute Gasteiger partial charge is 0.131 e. The first-order valence-corrected chi connectivity index (χ1v) is 8.37. The van der Waals surface area contributed by atoms with Gasteiger partial charge in [-0.2, -0.15) is 0 Å². The number of benzene rings is 1. The van der Waals surface area contributed by atoms with Crippen molar-refractivity contribution in [2.75, 3.05) is 49.2 Å². The molecule has 0 amide bonds. The highest BCUT2D eigenvalue weighted by molar-refractivity contribution is 6.31. The van der Waals surface area contributed by atoms with Crippen molar-refractivity contribution in [2.45, 2.75) is 12.8 Å². The third-order valence-electron chi connectivity index (χ3n) is 4.52. The first-order chi connectivity index (χ1) is 10.8. The van der Waals surface area contributed by atoms with Crippen LogP contribution in [0.4, 0.5) is 11.5 Å². The number of pyridine rings is 1. The van der Waals surface area contributed by atoms with Crippen LogP contribution in [0.1, 0.15) is 12.8 Å². The fourth-order valence-electron chi connectivity index (χ4n) is 3.34. The molecule has 4 rings (SSSR count). The van der Waals surface area contributed by atoms with Crippen molar-refractivity contribution in [3.63, 3.8) is 0 Å². The van der Waals surface area contributed by atoms with Crippen LogP contribution in [0.3, 0.4) is 0 Å². The standard InChI is InChI=1S/C17H20ClN3O/c18-13-3-4-15-14(11-13)16(20-5-1-2-6-20)12-17(19-15)21-7-9-22-10-8-21/h3-4,11-12H,1-2,5-10H2. The van der Waals surface area contributed by atoms with E-state index in [-0.39, 0.29) is 0 Å². The lowest BCUT2D eigenvalue weighted by molar-refractivity contribution is 0.122. The highest BCUT2D eigenvalue weighted by Gasteiger charge is 2.20. The number of halogens is 1. The van der Waals surface area contributed by atoms with Gasteiger partial charge in [0.1, 0.15) is 5.82 Å². The number of hydrogen-bond donors (Lipinski definition) is 0. The van der Waals surface area contributed by atoms with Crippen LogP contribution in [0.25, 0.3) is 10.9 Å². The molecule has 0 spiro atoms. The molecule has 0 atom stereocenters. The van der Waals surface area contributed by atoms with Crippen molar-refractivity contribution in [1.29, 1.82) is 0 Å². The van der Waals surface area contributed by atoms with E-state index in [1.54, 1.807) is 0 Å². The summed E-state index contributed by atoms with van der Waals surface area (Å²) in [5, 5.41) is 1.93. The molecule has 2 fully saturated rings. The van der Waals surface area contributed by atoms with Crippen LogP contribution < -0.4 is 9.80 Å². The molecule has 22 heavy (non-hydrogen) atoms. The highest BCUT2D eigenvalue weighted by Crippen LogP contribution is 2.33. The Balaban J connectivity index is 1.83. The van der Waals surface area contributed by atoms with Gasteiger partial charge in [0.05, 0.1) is 18.7 Å². The molecule has 0 N–H and O–H groups in total. The van der Waals surface area contributed by atoms with E-state index in [2.05, 4.69) is 15.9 Å². The molecule has 2 saturated heterocycles. The maximum absolute atomic E-state index is 6.21. The SMILES string of the molecule is Clc1ccc2nc(N3CCOCC3)cc(N3CCCC3)c2c1. The lowest BCUT2D eigenvalue weighted by Crippen LogP contribution is -2.37. The quantitative estimate of drug-likeness (QED) is 0.849. The topological polar surface area (TPSA) is 28.6 Å². The van der Waals surface area contributed by atoms with Crippen LogP contribution in [0.5, 0.6) is 0 Å². The van der Waals surface area contributed by atoms with Gasteiger partial charge in [0.15, 0.2) is 0 Å². The number of aromatic nitrogens is 1. The van der Waals surface area contributed by atoms with E-state index in [4.69, 9.17) is 21.3 Å².